The number of aliphatic hydroxyl groups is 3. The van der Waals surface area contributed by atoms with E-state index in [1.807, 2.05) is 0 Å². The molecular weight excluding hydrogens is 297 g/mol. The summed E-state index contributed by atoms with van der Waals surface area (Å²) in [5.41, 5.74) is 3.74. The van der Waals surface area contributed by atoms with Gasteiger partial charge in [0.15, 0.2) is 5.82 Å². The van der Waals surface area contributed by atoms with Crippen molar-refractivity contribution in [1.29, 1.82) is 5.26 Å². The lowest BCUT2D eigenvalue weighted by Crippen LogP contribution is -2.41. The molecule has 3 rings (SSSR count). The van der Waals surface area contributed by atoms with Crippen molar-refractivity contribution >= 4 is 11.3 Å². The average molecular weight is 309 g/mol. The molecule has 3 heterocycles. The van der Waals surface area contributed by atoms with Gasteiger partial charge < -0.3 is 25.8 Å². The Bertz CT molecular complexity index is 775. The fourth-order valence-corrected chi connectivity index (χ4v) is 2.60. The molecule has 0 saturated carbocycles. The van der Waals surface area contributed by atoms with Gasteiger partial charge in [-0.2, -0.15) is 14.6 Å². The number of nitrogens with zero attached hydrogens (tertiary/aromatic N) is 4. The van der Waals surface area contributed by atoms with Crippen molar-refractivity contribution < 1.29 is 24.4 Å². The molecule has 0 aromatic carbocycles. The minimum atomic E-state index is -2.02. The van der Waals surface area contributed by atoms with Crippen LogP contribution in [0.25, 0.3) is 5.52 Å². The summed E-state index contributed by atoms with van der Waals surface area (Å²) in [7, 11) is 0. The number of nitrogen functional groups attached to an aromatic ring is 1. The molecule has 9 nitrogen and oxygen atoms in total. The zero-order chi connectivity index (χ0) is 16.1. The van der Waals surface area contributed by atoms with Gasteiger partial charge in [0, 0.05) is 0 Å². The Morgan fingerprint density at radius 2 is 2.23 bits per heavy atom. The Kier molecular flexibility index (Phi) is 3.22. The third kappa shape index (κ3) is 1.77. The Balaban J connectivity index is 2.23. The van der Waals surface area contributed by atoms with Crippen molar-refractivity contribution in [2.45, 2.75) is 23.9 Å². The number of rotatable bonds is 2. The standard InChI is InChI=1S/C12H12FN5O4/c13-11-16-10(15)5-1-2-7(18(5)17-11)12(4-14)9(21)8(20)6(3-19)22-12/h1-2,6,8-9,19-21H,3H2,(H2,15,16,17)/t6-,8-,9-,12+/m1/s1. The zero-order valence-corrected chi connectivity index (χ0v) is 11.1. The van der Waals surface area contributed by atoms with E-state index >= 15 is 0 Å². The maximum atomic E-state index is 13.4. The highest BCUT2D eigenvalue weighted by Gasteiger charge is 2.57. The molecule has 1 aliphatic heterocycles. The van der Waals surface area contributed by atoms with Crippen LogP contribution in [0.1, 0.15) is 5.69 Å². The minimum Gasteiger partial charge on any atom is -0.394 e. The first-order valence-corrected chi connectivity index (χ1v) is 6.32. The van der Waals surface area contributed by atoms with E-state index in [-0.39, 0.29) is 17.0 Å². The molecule has 10 heteroatoms. The quantitative estimate of drug-likeness (QED) is 0.511. The molecule has 1 aliphatic rings. The molecule has 0 aliphatic carbocycles. The third-order valence-electron chi connectivity index (χ3n) is 3.70. The van der Waals surface area contributed by atoms with Crippen molar-refractivity contribution in [2.75, 3.05) is 12.3 Å². The molecule has 0 amide bonds. The number of halogens is 1. The van der Waals surface area contributed by atoms with Crippen molar-refractivity contribution in [3.05, 3.63) is 23.9 Å². The molecule has 116 valence electrons. The van der Waals surface area contributed by atoms with Crippen LogP contribution in [0.15, 0.2) is 12.1 Å². The Morgan fingerprint density at radius 1 is 1.50 bits per heavy atom. The Morgan fingerprint density at radius 3 is 2.82 bits per heavy atom. The van der Waals surface area contributed by atoms with E-state index in [0.29, 0.717) is 0 Å². The van der Waals surface area contributed by atoms with Crippen LogP contribution >= 0.6 is 0 Å². The summed E-state index contributed by atoms with van der Waals surface area (Å²) in [6.45, 7) is -0.601. The molecule has 0 radical (unpaired) electrons. The second kappa shape index (κ2) is 4.85. The van der Waals surface area contributed by atoms with Gasteiger partial charge in [-0.15, -0.1) is 5.10 Å². The normalized spacial score (nSPS) is 31.5. The topological polar surface area (TPSA) is 150 Å². The number of aromatic nitrogens is 3. The summed E-state index contributed by atoms with van der Waals surface area (Å²) in [5, 5.41) is 42.2. The highest BCUT2D eigenvalue weighted by atomic mass is 19.1. The molecule has 4 atom stereocenters. The van der Waals surface area contributed by atoms with E-state index in [9.17, 15) is 19.9 Å². The summed E-state index contributed by atoms with van der Waals surface area (Å²) < 4.78 is 19.7. The Hall–Kier alpha value is -2.32. The molecule has 5 N–H and O–H groups in total. The first-order chi connectivity index (χ1) is 10.4. The van der Waals surface area contributed by atoms with Crippen molar-refractivity contribution in [3.63, 3.8) is 0 Å². The highest BCUT2D eigenvalue weighted by molar-refractivity contribution is 5.66. The Labute approximate surface area is 123 Å². The number of nitrogens with two attached hydrogens (primary N) is 1. The van der Waals surface area contributed by atoms with Gasteiger partial charge in [-0.1, -0.05) is 0 Å². The summed E-state index contributed by atoms with van der Waals surface area (Å²) in [5.74, 6) is -0.154. The van der Waals surface area contributed by atoms with Crippen LogP contribution in [0.3, 0.4) is 0 Å². The van der Waals surface area contributed by atoms with Gasteiger partial charge in [-0.05, 0) is 12.1 Å². The number of hydrogen-bond donors (Lipinski definition) is 4. The van der Waals surface area contributed by atoms with Gasteiger partial charge in [0.2, 0.25) is 5.60 Å². The summed E-state index contributed by atoms with van der Waals surface area (Å²) >= 11 is 0. The second-order valence-corrected chi connectivity index (χ2v) is 4.90. The van der Waals surface area contributed by atoms with Gasteiger partial charge in [-0.25, -0.2) is 4.52 Å². The first-order valence-electron chi connectivity index (χ1n) is 6.32. The third-order valence-corrected chi connectivity index (χ3v) is 3.70. The van der Waals surface area contributed by atoms with Gasteiger partial charge in [0.05, 0.1) is 12.3 Å². The van der Waals surface area contributed by atoms with Crippen LogP contribution in [-0.2, 0) is 10.3 Å². The van der Waals surface area contributed by atoms with Crippen LogP contribution in [0.4, 0.5) is 10.2 Å². The molecule has 1 saturated heterocycles. The van der Waals surface area contributed by atoms with Gasteiger partial charge in [0.25, 0.3) is 0 Å². The van der Waals surface area contributed by atoms with Gasteiger partial charge in [0.1, 0.15) is 29.9 Å². The lowest BCUT2D eigenvalue weighted by Gasteiger charge is -2.24. The molecule has 0 spiro atoms. The predicted molar refractivity (Wildman–Crippen MR) is 68.6 cm³/mol. The van der Waals surface area contributed by atoms with E-state index in [2.05, 4.69) is 10.1 Å². The number of fused-ring (bicyclic) bond motifs is 1. The molecule has 0 bridgehead atoms. The molecule has 1 fully saturated rings. The predicted octanol–water partition coefficient (Wildman–Crippen LogP) is -1.72. The fourth-order valence-electron chi connectivity index (χ4n) is 2.60. The van der Waals surface area contributed by atoms with Crippen LogP contribution in [-0.4, -0.2) is 54.8 Å². The maximum absolute atomic E-state index is 13.4. The lowest BCUT2D eigenvalue weighted by atomic mass is 9.92. The second-order valence-electron chi connectivity index (χ2n) is 4.90. The number of aliphatic hydroxyl groups excluding tert-OH is 3. The number of nitriles is 1. The lowest BCUT2D eigenvalue weighted by molar-refractivity contribution is -0.0643. The highest BCUT2D eigenvalue weighted by Crippen LogP contribution is 2.40. The van der Waals surface area contributed by atoms with Gasteiger partial charge in [-0.3, -0.25) is 0 Å². The van der Waals surface area contributed by atoms with E-state index in [4.69, 9.17) is 15.6 Å². The number of hydrogen-bond acceptors (Lipinski definition) is 8. The van der Waals surface area contributed by atoms with Crippen molar-refractivity contribution in [3.8, 4) is 6.07 Å². The zero-order valence-electron chi connectivity index (χ0n) is 11.1. The maximum Gasteiger partial charge on any atom is 0.327 e. The van der Waals surface area contributed by atoms with Crippen LogP contribution in [0.2, 0.25) is 0 Å². The molecule has 2 aromatic rings. The van der Waals surface area contributed by atoms with E-state index in [1.54, 1.807) is 6.07 Å². The first kappa shape index (κ1) is 14.6. The summed E-state index contributed by atoms with van der Waals surface area (Å²) in [4.78, 5) is 3.36. The summed E-state index contributed by atoms with van der Waals surface area (Å²) in [6.07, 6.45) is -5.43. The summed E-state index contributed by atoms with van der Waals surface area (Å²) in [6, 6.07) is 4.56. The largest absolute Gasteiger partial charge is 0.394 e. The van der Waals surface area contributed by atoms with E-state index in [0.717, 1.165) is 4.52 Å². The smallest absolute Gasteiger partial charge is 0.327 e. The SMILES string of the molecule is N#C[C@@]1(c2ccc3c(N)nc(F)nn23)O[C@H](CO)[C@@H](O)[C@H]1O. The van der Waals surface area contributed by atoms with Crippen LogP contribution in [0, 0.1) is 17.4 Å². The van der Waals surface area contributed by atoms with Gasteiger partial charge >= 0.3 is 6.08 Å². The molecule has 22 heavy (non-hydrogen) atoms. The minimum absolute atomic E-state index is 0.0273. The number of ether oxygens (including phenoxy) is 1. The molecular formula is C12H12FN5O4. The monoisotopic (exact) mass is 309 g/mol. The van der Waals surface area contributed by atoms with E-state index in [1.165, 1.54) is 12.1 Å². The molecule has 0 unspecified atom stereocenters. The average Bonchev–Trinajstić information content (AvgIpc) is 3.01. The fraction of sp³-hybridized carbons (Fsp3) is 0.417. The van der Waals surface area contributed by atoms with Crippen molar-refractivity contribution in [1.82, 2.24) is 14.6 Å². The molecule has 2 aromatic heterocycles. The van der Waals surface area contributed by atoms with Crippen LogP contribution in [0.5, 0.6) is 0 Å². The van der Waals surface area contributed by atoms with Crippen molar-refractivity contribution in [2.24, 2.45) is 0 Å². The van der Waals surface area contributed by atoms with Crippen LogP contribution < -0.4 is 5.73 Å². The number of anilines is 1. The van der Waals surface area contributed by atoms with E-state index < -0.39 is 36.6 Å².